The molecule has 4 amide bonds. The summed E-state index contributed by atoms with van der Waals surface area (Å²) >= 11 is 0. The number of rotatable bonds is 9. The van der Waals surface area contributed by atoms with E-state index in [2.05, 4.69) is 20.7 Å². The average molecular weight is 932 g/mol. The third-order valence-electron chi connectivity index (χ3n) is 12.6. The Labute approximate surface area is 382 Å². The van der Waals surface area contributed by atoms with Gasteiger partial charge in [-0.2, -0.15) is 5.10 Å². The number of nitrogens with zero attached hydrogens (tertiary/aromatic N) is 6. The summed E-state index contributed by atoms with van der Waals surface area (Å²) in [5.74, 6) is -7.46. The lowest BCUT2D eigenvalue weighted by molar-refractivity contribution is -0.134. The Morgan fingerprint density at radius 2 is 1.66 bits per heavy atom. The van der Waals surface area contributed by atoms with Crippen molar-refractivity contribution in [3.8, 4) is 11.1 Å². The molecule has 0 aliphatic carbocycles. The smallest absolute Gasteiger partial charge is 0.269 e. The van der Waals surface area contributed by atoms with Crippen LogP contribution in [0.25, 0.3) is 27.6 Å². The van der Waals surface area contributed by atoms with Gasteiger partial charge in [0.15, 0.2) is 5.82 Å². The molecule has 4 aliphatic rings. The van der Waals surface area contributed by atoms with Crippen molar-refractivity contribution in [3.63, 3.8) is 0 Å². The Kier molecular flexibility index (Phi) is 13.8. The molecule has 3 N–H and O–H groups in total. The van der Waals surface area contributed by atoms with E-state index in [4.69, 9.17) is 0 Å². The fourth-order valence-corrected chi connectivity index (χ4v) is 9.10. The number of hydrogen-bond acceptors (Lipinski definition) is 8. The number of piperidine rings is 2. The van der Waals surface area contributed by atoms with Crippen LogP contribution in [0.15, 0.2) is 67.0 Å². The Hall–Kier alpha value is -6.63. The second-order valence-electron chi connectivity index (χ2n) is 17.4. The number of halogens is 6. The standard InChI is InChI=1S/C33H33F5N6O2.C15H18FN3O2/c1-41(2)32(46)27-16-24-22(23-15-26(35)28(17-25(23)34)43-11-4-8-33(37,38)19-43)14-21(30(36)31(24)40-27)20-6-3-10-42(18-20)29(45)7-13-44-12-5-9-39-44;16-12-9-10(11-2-4-14(20)18-15(11)21)1-3-13(12)19-7-5-17-6-8-19/h5-6,9,12,14-17,40H,3-4,7-8,10-11,13,18-19H2,1-2H3;1,3,9,11,17H,2,4-8H2,(H,18,20,21). The number of carbonyl (C=O) groups is 4. The van der Waals surface area contributed by atoms with Crippen molar-refractivity contribution in [2.75, 3.05) is 76.3 Å². The maximum absolute atomic E-state index is 16.3. The van der Waals surface area contributed by atoms with Crippen molar-refractivity contribution >= 4 is 51.5 Å². The molecule has 1 unspecified atom stereocenters. The zero-order valence-corrected chi connectivity index (χ0v) is 37.1. The molecule has 67 heavy (non-hydrogen) atoms. The molecule has 2 aromatic heterocycles. The number of carbonyl (C=O) groups excluding carboxylic acids is 4. The highest BCUT2D eigenvalue weighted by molar-refractivity contribution is 6.05. The van der Waals surface area contributed by atoms with Gasteiger partial charge in [0.2, 0.25) is 17.7 Å². The quantitative estimate of drug-likeness (QED) is 0.108. The highest BCUT2D eigenvalue weighted by atomic mass is 19.3. The van der Waals surface area contributed by atoms with E-state index in [1.54, 1.807) is 46.3 Å². The van der Waals surface area contributed by atoms with Crippen LogP contribution in [0.5, 0.6) is 0 Å². The van der Waals surface area contributed by atoms with Crippen LogP contribution >= 0.6 is 0 Å². The molecule has 3 aromatic carbocycles. The SMILES string of the molecule is CN(C)C(=O)c1cc2c(-c3cc(F)c(N4CCCC(F)(F)C4)cc3F)cc(C3=CCCN(C(=O)CCn4cccn4)C3)c(F)c2[nH]1.O=C1CCC(c2ccc(N3CCNCC3)c(F)c2)C(=O)N1. The molecule has 3 saturated heterocycles. The van der Waals surface area contributed by atoms with Crippen molar-refractivity contribution in [3.05, 3.63) is 107 Å². The molecule has 354 valence electrons. The summed E-state index contributed by atoms with van der Waals surface area (Å²) in [5.41, 5.74) is 1.32. The molecule has 19 heteroatoms. The van der Waals surface area contributed by atoms with Crippen LogP contribution in [0.3, 0.4) is 0 Å². The van der Waals surface area contributed by atoms with E-state index in [-0.39, 0.29) is 94.9 Å². The summed E-state index contributed by atoms with van der Waals surface area (Å²) in [6.07, 6.45) is 6.36. The number of benzene rings is 3. The summed E-state index contributed by atoms with van der Waals surface area (Å²) in [7, 11) is 3.05. The van der Waals surface area contributed by atoms with Crippen molar-refractivity contribution < 1.29 is 45.5 Å². The topological polar surface area (TPSA) is 139 Å². The van der Waals surface area contributed by atoms with Gasteiger partial charge >= 0.3 is 0 Å². The number of alkyl halides is 2. The number of aromatic amines is 1. The number of amides is 4. The molecule has 4 aliphatic heterocycles. The number of aryl methyl sites for hydroxylation is 1. The molecule has 6 heterocycles. The monoisotopic (exact) mass is 931 g/mol. The first-order valence-corrected chi connectivity index (χ1v) is 22.3. The third-order valence-corrected chi connectivity index (χ3v) is 12.6. The van der Waals surface area contributed by atoms with Crippen LogP contribution in [0.1, 0.15) is 66.1 Å². The number of anilines is 2. The number of aromatic nitrogens is 3. The summed E-state index contributed by atoms with van der Waals surface area (Å²) < 4.78 is 91.9. The Balaban J connectivity index is 0.000000241. The maximum Gasteiger partial charge on any atom is 0.269 e. The van der Waals surface area contributed by atoms with E-state index >= 15 is 13.2 Å². The lowest BCUT2D eigenvalue weighted by atomic mass is 9.90. The number of imide groups is 1. The predicted octanol–water partition coefficient (Wildman–Crippen LogP) is 6.85. The first-order valence-electron chi connectivity index (χ1n) is 22.3. The van der Waals surface area contributed by atoms with Crippen LogP contribution in [0.4, 0.5) is 37.7 Å². The van der Waals surface area contributed by atoms with Gasteiger partial charge in [-0.25, -0.2) is 26.3 Å². The average Bonchev–Trinajstić information content (AvgIpc) is 4.01. The summed E-state index contributed by atoms with van der Waals surface area (Å²) in [4.78, 5) is 57.7. The van der Waals surface area contributed by atoms with E-state index in [1.807, 2.05) is 4.90 Å². The normalized spacial score (nSPS) is 18.6. The lowest BCUT2D eigenvalue weighted by Gasteiger charge is -2.34. The Morgan fingerprint density at radius 1 is 0.881 bits per heavy atom. The highest BCUT2D eigenvalue weighted by Crippen LogP contribution is 2.41. The van der Waals surface area contributed by atoms with Crippen LogP contribution in [0.2, 0.25) is 0 Å². The molecule has 0 saturated carbocycles. The minimum absolute atomic E-state index is 0.0402. The van der Waals surface area contributed by atoms with Crippen LogP contribution in [-0.4, -0.2) is 121 Å². The van der Waals surface area contributed by atoms with E-state index in [9.17, 15) is 32.3 Å². The van der Waals surface area contributed by atoms with Gasteiger partial charge in [-0.1, -0.05) is 12.1 Å². The second-order valence-corrected chi connectivity index (χ2v) is 17.4. The van der Waals surface area contributed by atoms with Crippen molar-refractivity contribution in [2.45, 2.75) is 56.9 Å². The van der Waals surface area contributed by atoms with Gasteiger partial charge in [0, 0.05) is 121 Å². The first kappa shape index (κ1) is 46.9. The Bertz CT molecular complexity index is 2720. The van der Waals surface area contributed by atoms with Gasteiger partial charge in [-0.15, -0.1) is 0 Å². The lowest BCUT2D eigenvalue weighted by Crippen LogP contribution is -2.44. The number of nitrogens with one attached hydrogen (secondary N) is 3. The fraction of sp³-hybridized carbons (Fsp3) is 0.396. The van der Waals surface area contributed by atoms with Crippen LogP contribution in [0, 0.1) is 23.3 Å². The van der Waals surface area contributed by atoms with Crippen LogP contribution < -0.4 is 20.4 Å². The molecule has 9 rings (SSSR count). The van der Waals surface area contributed by atoms with E-state index < -0.39 is 41.7 Å². The van der Waals surface area contributed by atoms with Crippen molar-refractivity contribution in [1.82, 2.24) is 35.2 Å². The minimum atomic E-state index is -3.03. The molecule has 0 radical (unpaired) electrons. The van der Waals surface area contributed by atoms with E-state index in [0.29, 0.717) is 49.2 Å². The maximum atomic E-state index is 16.3. The van der Waals surface area contributed by atoms with Crippen LogP contribution in [-0.2, 0) is 20.9 Å². The summed E-state index contributed by atoms with van der Waals surface area (Å²) in [6.45, 7) is 3.54. The number of piperazine rings is 1. The van der Waals surface area contributed by atoms with Gasteiger partial charge in [0.05, 0.1) is 29.4 Å². The second kappa shape index (κ2) is 19.7. The molecule has 0 bridgehead atoms. The molecule has 0 spiro atoms. The largest absolute Gasteiger partial charge is 0.367 e. The van der Waals surface area contributed by atoms with Crippen molar-refractivity contribution in [2.24, 2.45) is 0 Å². The van der Waals surface area contributed by atoms with Gasteiger partial charge in [0.1, 0.15) is 23.1 Å². The number of H-pyrrole nitrogens is 1. The number of fused-ring (bicyclic) bond motifs is 1. The van der Waals surface area contributed by atoms with Gasteiger partial charge in [-0.05, 0) is 72.4 Å². The third kappa shape index (κ3) is 10.4. The van der Waals surface area contributed by atoms with E-state index in [0.717, 1.165) is 43.2 Å². The van der Waals surface area contributed by atoms with Gasteiger partial charge in [0.25, 0.3) is 11.8 Å². The van der Waals surface area contributed by atoms with E-state index in [1.165, 1.54) is 37.2 Å². The molecule has 3 fully saturated rings. The fourth-order valence-electron chi connectivity index (χ4n) is 9.10. The van der Waals surface area contributed by atoms with Gasteiger partial charge < -0.3 is 29.9 Å². The first-order chi connectivity index (χ1) is 32.1. The molecule has 13 nitrogen and oxygen atoms in total. The zero-order chi connectivity index (χ0) is 47.6. The predicted molar refractivity (Wildman–Crippen MR) is 241 cm³/mol. The molecule has 5 aromatic rings. The highest BCUT2D eigenvalue weighted by Gasteiger charge is 2.37. The number of hydrogen-bond donors (Lipinski definition) is 3. The summed E-state index contributed by atoms with van der Waals surface area (Å²) in [5, 5.41) is 9.79. The van der Waals surface area contributed by atoms with Crippen molar-refractivity contribution in [1.29, 1.82) is 0 Å². The molecule has 1 atom stereocenters. The zero-order valence-electron chi connectivity index (χ0n) is 37.1. The molecular formula is C48H51F6N9O4. The van der Waals surface area contributed by atoms with Gasteiger partial charge in [-0.3, -0.25) is 29.2 Å². The summed E-state index contributed by atoms with van der Waals surface area (Å²) in [6, 6.07) is 11.3. The Morgan fingerprint density at radius 3 is 2.36 bits per heavy atom. The minimum Gasteiger partial charge on any atom is -0.367 e. The molecular weight excluding hydrogens is 881 g/mol.